The van der Waals surface area contributed by atoms with Crippen LogP contribution in [0.5, 0.6) is 0 Å². The van der Waals surface area contributed by atoms with Crippen LogP contribution in [-0.4, -0.2) is 0 Å². The molecule has 0 aliphatic heterocycles. The highest BCUT2D eigenvalue weighted by Crippen LogP contribution is 2.40. The molecule has 0 N–H and O–H groups in total. The predicted octanol–water partition coefficient (Wildman–Crippen LogP) is 13.0. The first-order valence-corrected chi connectivity index (χ1v) is 16.1. The van der Waals surface area contributed by atoms with Crippen molar-refractivity contribution < 1.29 is 0 Å². The maximum atomic E-state index is 2.34. The molecule has 0 radical (unpaired) electrons. The molecular formula is C46H33N. The van der Waals surface area contributed by atoms with Crippen LogP contribution in [0, 0.1) is 0 Å². The van der Waals surface area contributed by atoms with E-state index in [0.717, 1.165) is 17.1 Å². The van der Waals surface area contributed by atoms with Crippen LogP contribution in [0.1, 0.15) is 0 Å². The van der Waals surface area contributed by atoms with Gasteiger partial charge in [-0.2, -0.15) is 0 Å². The van der Waals surface area contributed by atoms with Crippen LogP contribution in [-0.2, 0) is 0 Å². The van der Waals surface area contributed by atoms with Crippen LogP contribution < -0.4 is 4.90 Å². The van der Waals surface area contributed by atoms with Crippen LogP contribution in [0.2, 0.25) is 0 Å². The van der Waals surface area contributed by atoms with Crippen LogP contribution in [0.3, 0.4) is 0 Å². The Morgan fingerprint density at radius 3 is 0.894 bits per heavy atom. The number of benzene rings is 8. The molecule has 0 aliphatic rings. The van der Waals surface area contributed by atoms with Gasteiger partial charge in [-0.1, -0.05) is 152 Å². The van der Waals surface area contributed by atoms with Crippen LogP contribution in [0.4, 0.5) is 17.1 Å². The first-order chi connectivity index (χ1) is 23.3. The summed E-state index contributed by atoms with van der Waals surface area (Å²) in [5.41, 5.74) is 13.0. The van der Waals surface area contributed by atoms with Gasteiger partial charge in [0.2, 0.25) is 0 Å². The molecule has 0 atom stereocenters. The minimum Gasteiger partial charge on any atom is -0.311 e. The van der Waals surface area contributed by atoms with Crippen molar-refractivity contribution in [3.8, 4) is 44.5 Å². The largest absolute Gasteiger partial charge is 0.311 e. The first kappa shape index (κ1) is 28.3. The SMILES string of the molecule is c1ccc(-c2ccc(N(c3ccc(-c4ccccc4)cc3)c3ccc(-c4cc5ccccc5cc4-c4ccccc4)cc3)cc2)cc1. The Morgan fingerprint density at radius 1 is 0.234 bits per heavy atom. The molecule has 0 saturated carbocycles. The van der Waals surface area contributed by atoms with Crippen LogP contribution in [0.15, 0.2) is 200 Å². The van der Waals surface area contributed by atoms with E-state index in [2.05, 4.69) is 205 Å². The standard InChI is InChI=1S/C46H33N/c1-4-12-34(13-5-1)36-20-26-42(27-21-36)47(43-28-22-37(23-29-43)35-14-6-2-7-15-35)44-30-24-39(25-31-44)46-33-41-19-11-10-18-40(41)32-45(46)38-16-8-3-9-17-38/h1-33H. The van der Waals surface area contributed by atoms with Gasteiger partial charge in [0, 0.05) is 17.1 Å². The number of hydrogen-bond donors (Lipinski definition) is 0. The second-order valence-electron chi connectivity index (χ2n) is 11.8. The molecule has 0 unspecified atom stereocenters. The molecule has 8 rings (SSSR count). The number of rotatable bonds is 7. The normalized spacial score (nSPS) is 11.0. The van der Waals surface area contributed by atoms with E-state index in [0.29, 0.717) is 0 Å². The van der Waals surface area contributed by atoms with E-state index in [1.807, 2.05) is 0 Å². The third-order valence-electron chi connectivity index (χ3n) is 8.87. The topological polar surface area (TPSA) is 3.24 Å². The van der Waals surface area contributed by atoms with Crippen molar-refractivity contribution in [3.05, 3.63) is 200 Å². The van der Waals surface area contributed by atoms with E-state index < -0.39 is 0 Å². The first-order valence-electron chi connectivity index (χ1n) is 16.1. The average Bonchev–Trinajstić information content (AvgIpc) is 3.16. The Bertz CT molecular complexity index is 2150. The van der Waals surface area contributed by atoms with E-state index in [-0.39, 0.29) is 0 Å². The summed E-state index contributed by atoms with van der Waals surface area (Å²) < 4.78 is 0. The van der Waals surface area contributed by atoms with E-state index in [4.69, 9.17) is 0 Å². The quantitative estimate of drug-likeness (QED) is 0.176. The summed E-state index contributed by atoms with van der Waals surface area (Å²) in [6.07, 6.45) is 0. The summed E-state index contributed by atoms with van der Waals surface area (Å²) in [7, 11) is 0. The summed E-state index contributed by atoms with van der Waals surface area (Å²) in [5.74, 6) is 0. The van der Waals surface area contributed by atoms with Gasteiger partial charge >= 0.3 is 0 Å². The van der Waals surface area contributed by atoms with Crippen molar-refractivity contribution in [3.63, 3.8) is 0 Å². The lowest BCUT2D eigenvalue weighted by Crippen LogP contribution is -2.09. The van der Waals surface area contributed by atoms with Gasteiger partial charge in [-0.15, -0.1) is 0 Å². The minimum atomic E-state index is 1.11. The Kier molecular flexibility index (Phi) is 7.63. The molecule has 8 aromatic carbocycles. The zero-order valence-electron chi connectivity index (χ0n) is 26.0. The van der Waals surface area contributed by atoms with Gasteiger partial charge < -0.3 is 4.90 Å². The second kappa shape index (κ2) is 12.7. The van der Waals surface area contributed by atoms with E-state index >= 15 is 0 Å². The fourth-order valence-electron chi connectivity index (χ4n) is 6.44. The minimum absolute atomic E-state index is 1.11. The monoisotopic (exact) mass is 599 g/mol. The Morgan fingerprint density at radius 2 is 0.511 bits per heavy atom. The molecule has 8 aromatic rings. The molecule has 0 amide bonds. The molecule has 0 spiro atoms. The van der Waals surface area contributed by atoms with E-state index in [1.165, 1.54) is 55.3 Å². The highest BCUT2D eigenvalue weighted by atomic mass is 15.1. The van der Waals surface area contributed by atoms with Crippen molar-refractivity contribution >= 4 is 27.8 Å². The van der Waals surface area contributed by atoms with E-state index in [9.17, 15) is 0 Å². The predicted molar refractivity (Wildman–Crippen MR) is 200 cm³/mol. The lowest BCUT2D eigenvalue weighted by molar-refractivity contribution is 1.28. The summed E-state index contributed by atoms with van der Waals surface area (Å²) in [4.78, 5) is 2.34. The van der Waals surface area contributed by atoms with Crippen molar-refractivity contribution in [1.82, 2.24) is 0 Å². The average molecular weight is 600 g/mol. The van der Waals surface area contributed by atoms with Crippen LogP contribution in [0.25, 0.3) is 55.3 Å². The van der Waals surface area contributed by atoms with Gasteiger partial charge in [-0.3, -0.25) is 0 Å². The van der Waals surface area contributed by atoms with Gasteiger partial charge in [-0.25, -0.2) is 0 Å². The van der Waals surface area contributed by atoms with Gasteiger partial charge in [-0.05, 0) is 104 Å². The summed E-state index contributed by atoms with van der Waals surface area (Å²) in [6, 6.07) is 71.8. The lowest BCUT2D eigenvalue weighted by Gasteiger charge is -2.26. The van der Waals surface area contributed by atoms with E-state index in [1.54, 1.807) is 0 Å². The lowest BCUT2D eigenvalue weighted by atomic mass is 9.91. The zero-order chi connectivity index (χ0) is 31.4. The van der Waals surface area contributed by atoms with Gasteiger partial charge in [0.1, 0.15) is 0 Å². The fraction of sp³-hybridized carbons (Fsp3) is 0. The summed E-state index contributed by atoms with van der Waals surface area (Å²) in [5, 5.41) is 2.49. The van der Waals surface area contributed by atoms with Crippen molar-refractivity contribution in [2.75, 3.05) is 4.90 Å². The third-order valence-corrected chi connectivity index (χ3v) is 8.87. The molecule has 0 fully saturated rings. The van der Waals surface area contributed by atoms with Crippen molar-refractivity contribution in [2.24, 2.45) is 0 Å². The molecule has 1 nitrogen and oxygen atoms in total. The molecule has 0 bridgehead atoms. The van der Waals surface area contributed by atoms with Crippen molar-refractivity contribution in [2.45, 2.75) is 0 Å². The Labute approximate surface area is 276 Å². The van der Waals surface area contributed by atoms with Gasteiger partial charge in [0.15, 0.2) is 0 Å². The van der Waals surface area contributed by atoms with Gasteiger partial charge in [0.25, 0.3) is 0 Å². The number of nitrogens with zero attached hydrogens (tertiary/aromatic N) is 1. The molecule has 0 aromatic heterocycles. The Balaban J connectivity index is 1.21. The molecular weight excluding hydrogens is 567 g/mol. The zero-order valence-corrected chi connectivity index (χ0v) is 26.0. The maximum Gasteiger partial charge on any atom is 0.0462 e. The highest BCUT2D eigenvalue weighted by molar-refractivity contribution is 5.96. The van der Waals surface area contributed by atoms with Crippen molar-refractivity contribution in [1.29, 1.82) is 0 Å². The molecule has 222 valence electrons. The van der Waals surface area contributed by atoms with Gasteiger partial charge in [0.05, 0.1) is 0 Å². The third kappa shape index (κ3) is 5.83. The molecule has 0 heterocycles. The maximum absolute atomic E-state index is 2.34. The smallest absolute Gasteiger partial charge is 0.0462 e. The molecule has 1 heteroatoms. The number of hydrogen-bond acceptors (Lipinski definition) is 1. The Hall–Kier alpha value is -6.18. The number of fused-ring (bicyclic) bond motifs is 1. The molecule has 47 heavy (non-hydrogen) atoms. The summed E-state index contributed by atoms with van der Waals surface area (Å²) >= 11 is 0. The second-order valence-corrected chi connectivity index (χ2v) is 11.8. The summed E-state index contributed by atoms with van der Waals surface area (Å²) in [6.45, 7) is 0. The molecule has 0 aliphatic carbocycles. The highest BCUT2D eigenvalue weighted by Gasteiger charge is 2.15. The van der Waals surface area contributed by atoms with Crippen LogP contribution >= 0.6 is 0 Å². The molecule has 0 saturated heterocycles. The number of anilines is 3. The fourth-order valence-corrected chi connectivity index (χ4v) is 6.44.